The fourth-order valence-corrected chi connectivity index (χ4v) is 3.16. The number of hydrogen-bond acceptors (Lipinski definition) is 6. The Kier molecular flexibility index (Phi) is 9.58. The van der Waals surface area contributed by atoms with Crippen LogP contribution in [0.25, 0.3) is 10.9 Å². The molecule has 0 unspecified atom stereocenters. The molecular formula is C23H32FN5O3. The average Bonchev–Trinajstić information content (AvgIpc) is 3.09. The first-order chi connectivity index (χ1) is 15.4. The topological polar surface area (TPSA) is 91.7 Å². The summed E-state index contributed by atoms with van der Waals surface area (Å²) in [4.78, 5) is 24.2. The number of rotatable bonds is 9. The number of carbonyl (C=O) groups is 1. The number of hydrogen-bond donors (Lipinski definition) is 3. The molecule has 0 saturated carbocycles. The molecule has 3 rings (SSSR count). The molecule has 0 bridgehead atoms. The van der Waals surface area contributed by atoms with Crippen LogP contribution in [0.1, 0.15) is 29.9 Å². The third kappa shape index (κ3) is 6.03. The number of aliphatic hydroxyl groups is 1. The summed E-state index contributed by atoms with van der Waals surface area (Å²) in [5.74, 6) is -0.926. The molecule has 0 saturated heterocycles. The summed E-state index contributed by atoms with van der Waals surface area (Å²) in [5, 5.41) is 12.7. The first-order valence-corrected chi connectivity index (χ1v) is 10.6. The quantitative estimate of drug-likeness (QED) is 0.345. The number of aliphatic hydroxyl groups excluding tert-OH is 1. The Morgan fingerprint density at radius 1 is 1.28 bits per heavy atom. The molecule has 0 spiro atoms. The van der Waals surface area contributed by atoms with Gasteiger partial charge in [0.25, 0.3) is 5.91 Å². The Morgan fingerprint density at radius 2 is 2.03 bits per heavy atom. The van der Waals surface area contributed by atoms with Crippen LogP contribution in [-0.2, 0) is 11.4 Å². The van der Waals surface area contributed by atoms with Gasteiger partial charge in [-0.3, -0.25) is 14.6 Å². The molecule has 0 aliphatic rings. The molecule has 174 valence electrons. The highest BCUT2D eigenvalue weighted by Gasteiger charge is 2.24. The maximum Gasteiger partial charge on any atom is 0.293 e. The van der Waals surface area contributed by atoms with Gasteiger partial charge in [-0.15, -0.1) is 0 Å². The molecule has 8 nitrogen and oxygen atoms in total. The van der Waals surface area contributed by atoms with Crippen LogP contribution in [0.5, 0.6) is 0 Å². The van der Waals surface area contributed by atoms with Gasteiger partial charge in [0.15, 0.2) is 0 Å². The average molecular weight is 446 g/mol. The molecule has 0 aliphatic heterocycles. The molecule has 3 N–H and O–H groups in total. The van der Waals surface area contributed by atoms with Crippen molar-refractivity contribution >= 4 is 28.2 Å². The zero-order valence-electron chi connectivity index (χ0n) is 19.3. The van der Waals surface area contributed by atoms with Crippen LogP contribution in [0.15, 0.2) is 36.7 Å². The Balaban J connectivity index is 0.00000176. The summed E-state index contributed by atoms with van der Waals surface area (Å²) in [6.07, 6.45) is 3.29. The number of pyridine rings is 1. The number of hydroxylamine groups is 1. The van der Waals surface area contributed by atoms with Crippen LogP contribution in [0.2, 0.25) is 0 Å². The van der Waals surface area contributed by atoms with Crippen molar-refractivity contribution in [2.75, 3.05) is 39.2 Å². The second kappa shape index (κ2) is 12.1. The highest BCUT2D eigenvalue weighted by Crippen LogP contribution is 2.34. The van der Waals surface area contributed by atoms with Crippen molar-refractivity contribution in [3.63, 3.8) is 0 Å². The lowest BCUT2D eigenvalue weighted by Crippen LogP contribution is -2.29. The summed E-state index contributed by atoms with van der Waals surface area (Å²) >= 11 is 0. The number of aryl methyl sites for hydroxylation is 1. The molecule has 2 aromatic heterocycles. The van der Waals surface area contributed by atoms with Gasteiger partial charge >= 0.3 is 0 Å². The van der Waals surface area contributed by atoms with Gasteiger partial charge < -0.3 is 19.9 Å². The summed E-state index contributed by atoms with van der Waals surface area (Å²) in [6.45, 7) is 6.74. The number of nitrogens with zero attached hydrogens (tertiary/aromatic N) is 3. The summed E-state index contributed by atoms with van der Waals surface area (Å²) in [7, 11) is 3.89. The van der Waals surface area contributed by atoms with E-state index in [2.05, 4.69) is 15.8 Å². The van der Waals surface area contributed by atoms with Gasteiger partial charge in [0, 0.05) is 30.9 Å². The fraction of sp³-hybridized carbons (Fsp3) is 0.391. The predicted molar refractivity (Wildman–Crippen MR) is 125 cm³/mol. The lowest BCUT2D eigenvalue weighted by atomic mass is 10.2. The van der Waals surface area contributed by atoms with Gasteiger partial charge in [-0.2, -0.15) is 0 Å². The van der Waals surface area contributed by atoms with E-state index < -0.39 is 11.7 Å². The van der Waals surface area contributed by atoms with Crippen molar-refractivity contribution in [1.29, 1.82) is 0 Å². The normalized spacial score (nSPS) is 10.8. The van der Waals surface area contributed by atoms with Crippen LogP contribution in [-0.4, -0.2) is 59.3 Å². The number of nitrogens with one attached hydrogen (secondary N) is 2. The van der Waals surface area contributed by atoms with E-state index in [9.17, 15) is 9.18 Å². The van der Waals surface area contributed by atoms with Gasteiger partial charge in [0.2, 0.25) is 0 Å². The standard InChI is InChI=1S/C21H26FN5O3.C2H6/c1-14-4-5-17(16(22)12-14)24-19-15-13-23-7-6-18(15)27(9-8-26(2)3)20(19)21(29)25-30-11-10-28;1-2/h4-7,12-13,24,28H,8-11H2,1-3H3,(H,25,29);1-2H3. The van der Waals surface area contributed by atoms with Crippen LogP contribution in [0.3, 0.4) is 0 Å². The number of amides is 1. The molecule has 0 atom stereocenters. The smallest absolute Gasteiger partial charge is 0.293 e. The third-order valence-electron chi connectivity index (χ3n) is 4.59. The van der Waals surface area contributed by atoms with Crippen LogP contribution < -0.4 is 10.8 Å². The van der Waals surface area contributed by atoms with Gasteiger partial charge in [0.05, 0.1) is 30.1 Å². The van der Waals surface area contributed by atoms with Crippen LogP contribution >= 0.6 is 0 Å². The third-order valence-corrected chi connectivity index (χ3v) is 4.59. The minimum Gasteiger partial charge on any atom is -0.394 e. The summed E-state index contributed by atoms with van der Waals surface area (Å²) in [5.41, 5.74) is 4.91. The van der Waals surface area contributed by atoms with E-state index in [-0.39, 0.29) is 24.6 Å². The van der Waals surface area contributed by atoms with E-state index in [1.54, 1.807) is 31.5 Å². The van der Waals surface area contributed by atoms with E-state index in [1.165, 1.54) is 6.07 Å². The van der Waals surface area contributed by atoms with Crippen molar-refractivity contribution in [3.05, 3.63) is 53.7 Å². The molecule has 0 fully saturated rings. The first kappa shape index (κ1) is 25.3. The Labute approximate surface area is 188 Å². The minimum absolute atomic E-state index is 0.0411. The maximum atomic E-state index is 14.5. The molecule has 0 aliphatic carbocycles. The van der Waals surface area contributed by atoms with Crippen molar-refractivity contribution < 1.29 is 19.1 Å². The number of aromatic nitrogens is 2. The zero-order chi connectivity index (χ0) is 23.7. The van der Waals surface area contributed by atoms with Crippen molar-refractivity contribution in [2.24, 2.45) is 0 Å². The number of carbonyl (C=O) groups excluding carboxylic acids is 1. The van der Waals surface area contributed by atoms with Gasteiger partial charge in [-0.25, -0.2) is 9.87 Å². The summed E-state index contributed by atoms with van der Waals surface area (Å²) in [6, 6.07) is 6.66. The van der Waals surface area contributed by atoms with Gasteiger partial charge in [-0.1, -0.05) is 19.9 Å². The number of benzene rings is 1. The Hall–Kier alpha value is -3.01. The fourth-order valence-electron chi connectivity index (χ4n) is 3.16. The second-order valence-corrected chi connectivity index (χ2v) is 7.18. The molecule has 1 amide bonds. The van der Waals surface area contributed by atoms with E-state index in [1.807, 2.05) is 43.5 Å². The predicted octanol–water partition coefficient (Wildman–Crippen LogP) is 3.47. The summed E-state index contributed by atoms with van der Waals surface area (Å²) < 4.78 is 16.4. The molecular weight excluding hydrogens is 413 g/mol. The largest absolute Gasteiger partial charge is 0.394 e. The highest BCUT2D eigenvalue weighted by molar-refractivity contribution is 6.09. The number of anilines is 2. The monoisotopic (exact) mass is 445 g/mol. The molecule has 2 heterocycles. The van der Waals surface area contributed by atoms with Crippen molar-refractivity contribution in [2.45, 2.75) is 27.3 Å². The van der Waals surface area contributed by atoms with Crippen LogP contribution in [0, 0.1) is 12.7 Å². The highest BCUT2D eigenvalue weighted by atomic mass is 19.1. The van der Waals surface area contributed by atoms with Crippen molar-refractivity contribution in [1.82, 2.24) is 19.9 Å². The molecule has 0 radical (unpaired) electrons. The van der Waals surface area contributed by atoms with Gasteiger partial charge in [-0.05, 0) is 44.8 Å². The molecule has 1 aromatic carbocycles. The molecule has 3 aromatic rings. The maximum absolute atomic E-state index is 14.5. The van der Waals surface area contributed by atoms with Gasteiger partial charge in [0.1, 0.15) is 11.5 Å². The number of fused-ring (bicyclic) bond motifs is 1. The minimum atomic E-state index is -0.506. The van der Waals surface area contributed by atoms with E-state index >= 15 is 0 Å². The zero-order valence-corrected chi connectivity index (χ0v) is 19.3. The Bertz CT molecular complexity index is 1040. The first-order valence-electron chi connectivity index (χ1n) is 10.6. The van der Waals surface area contributed by atoms with E-state index in [0.717, 1.165) is 11.1 Å². The van der Waals surface area contributed by atoms with Crippen LogP contribution in [0.4, 0.5) is 15.8 Å². The van der Waals surface area contributed by atoms with Crippen molar-refractivity contribution in [3.8, 4) is 0 Å². The molecule has 9 heteroatoms. The number of likely N-dealkylation sites (N-methyl/N-ethyl adjacent to an activating group) is 1. The lowest BCUT2D eigenvalue weighted by molar-refractivity contribution is 0.0162. The molecule has 32 heavy (non-hydrogen) atoms. The van der Waals surface area contributed by atoms with E-state index in [0.29, 0.717) is 24.2 Å². The lowest BCUT2D eigenvalue weighted by Gasteiger charge is -2.16. The number of halogens is 1. The SMILES string of the molecule is CC.Cc1ccc(Nc2c(C(=O)NOCCO)n(CCN(C)C)c3ccncc23)c(F)c1. The Morgan fingerprint density at radius 3 is 2.69 bits per heavy atom. The van der Waals surface area contributed by atoms with E-state index in [4.69, 9.17) is 9.94 Å². The second-order valence-electron chi connectivity index (χ2n) is 7.18.